The van der Waals surface area contributed by atoms with Crippen LogP contribution < -0.4 is 5.73 Å². The van der Waals surface area contributed by atoms with Crippen LogP contribution in [-0.4, -0.2) is 52.7 Å². The number of esters is 1. The Bertz CT molecular complexity index is 411. The van der Waals surface area contributed by atoms with Gasteiger partial charge in [0.25, 0.3) is 0 Å². The van der Waals surface area contributed by atoms with E-state index in [1.165, 1.54) is 0 Å². The molecule has 1 rings (SSSR count). The minimum Gasteiger partial charge on any atom is -0.460 e. The van der Waals surface area contributed by atoms with Crippen LogP contribution in [0.15, 0.2) is 24.3 Å². The Kier molecular flexibility index (Phi) is 9.39. The van der Waals surface area contributed by atoms with Crippen molar-refractivity contribution < 1.29 is 23.7 Å². The number of ether oxygens (including phenoxy) is 4. The van der Waals surface area contributed by atoms with Crippen molar-refractivity contribution in [1.29, 1.82) is 0 Å². The van der Waals surface area contributed by atoms with Gasteiger partial charge in [0.1, 0.15) is 6.61 Å². The van der Waals surface area contributed by atoms with Crippen LogP contribution in [0.4, 0.5) is 0 Å². The lowest BCUT2D eigenvalue weighted by Crippen LogP contribution is -2.14. The highest BCUT2D eigenvalue weighted by Gasteiger charge is 2.07. The van der Waals surface area contributed by atoms with Gasteiger partial charge in [0.15, 0.2) is 0 Å². The van der Waals surface area contributed by atoms with Gasteiger partial charge in [0.05, 0.1) is 38.6 Å². The van der Waals surface area contributed by atoms with Gasteiger partial charge >= 0.3 is 5.97 Å². The minimum absolute atomic E-state index is 0.212. The molecule has 0 fully saturated rings. The standard InChI is InChI=1S/C15H23NO5/c1-18-5-6-19-7-8-20-9-10-21-15(17)14-4-2-3-13(11-14)12-16/h2-4,11H,5-10,12,16H2,1H3. The second-order valence-corrected chi connectivity index (χ2v) is 4.26. The van der Waals surface area contributed by atoms with E-state index in [9.17, 15) is 4.79 Å². The van der Waals surface area contributed by atoms with E-state index in [1.807, 2.05) is 6.07 Å². The molecule has 0 aliphatic carbocycles. The molecule has 2 N–H and O–H groups in total. The first-order valence-corrected chi connectivity index (χ1v) is 6.88. The Morgan fingerprint density at radius 1 is 1.05 bits per heavy atom. The van der Waals surface area contributed by atoms with E-state index in [1.54, 1.807) is 25.3 Å². The number of nitrogens with two attached hydrogens (primary N) is 1. The number of carbonyl (C=O) groups is 1. The highest BCUT2D eigenvalue weighted by atomic mass is 16.6. The molecule has 0 aliphatic heterocycles. The van der Waals surface area contributed by atoms with E-state index >= 15 is 0 Å². The van der Waals surface area contributed by atoms with E-state index in [-0.39, 0.29) is 12.6 Å². The smallest absolute Gasteiger partial charge is 0.338 e. The van der Waals surface area contributed by atoms with Crippen LogP contribution in [0, 0.1) is 0 Å². The molecule has 0 saturated carbocycles. The third-order valence-corrected chi connectivity index (χ3v) is 2.66. The summed E-state index contributed by atoms with van der Waals surface area (Å²) in [5.41, 5.74) is 6.92. The van der Waals surface area contributed by atoms with Gasteiger partial charge in [-0.25, -0.2) is 4.79 Å². The van der Waals surface area contributed by atoms with Crippen molar-refractivity contribution in [3.63, 3.8) is 0 Å². The Hall–Kier alpha value is -1.47. The molecule has 0 aliphatic rings. The summed E-state index contributed by atoms with van der Waals surface area (Å²) >= 11 is 0. The van der Waals surface area contributed by atoms with Crippen LogP contribution in [0.5, 0.6) is 0 Å². The first-order valence-electron chi connectivity index (χ1n) is 6.88. The topological polar surface area (TPSA) is 80.0 Å². The molecule has 0 atom stereocenters. The van der Waals surface area contributed by atoms with Crippen LogP contribution >= 0.6 is 0 Å². The molecular weight excluding hydrogens is 274 g/mol. The van der Waals surface area contributed by atoms with Gasteiger partial charge in [-0.15, -0.1) is 0 Å². The lowest BCUT2D eigenvalue weighted by atomic mass is 10.1. The number of methoxy groups -OCH3 is 1. The zero-order valence-electron chi connectivity index (χ0n) is 12.4. The zero-order valence-corrected chi connectivity index (χ0v) is 12.4. The van der Waals surface area contributed by atoms with E-state index in [0.29, 0.717) is 45.1 Å². The molecule has 1 aromatic rings. The quantitative estimate of drug-likeness (QED) is 0.484. The van der Waals surface area contributed by atoms with Crippen molar-refractivity contribution in [3.8, 4) is 0 Å². The molecule has 1 aromatic carbocycles. The van der Waals surface area contributed by atoms with E-state index in [0.717, 1.165) is 5.56 Å². The third-order valence-electron chi connectivity index (χ3n) is 2.66. The summed E-state index contributed by atoms with van der Waals surface area (Å²) in [6, 6.07) is 7.08. The second-order valence-electron chi connectivity index (χ2n) is 4.26. The average molecular weight is 297 g/mol. The van der Waals surface area contributed by atoms with Crippen LogP contribution in [0.1, 0.15) is 15.9 Å². The maximum absolute atomic E-state index is 11.8. The van der Waals surface area contributed by atoms with Crippen LogP contribution in [0.3, 0.4) is 0 Å². The monoisotopic (exact) mass is 297 g/mol. The molecule has 118 valence electrons. The van der Waals surface area contributed by atoms with Crippen molar-refractivity contribution in [2.45, 2.75) is 6.54 Å². The predicted molar refractivity (Wildman–Crippen MR) is 78.1 cm³/mol. The molecule has 6 heteroatoms. The van der Waals surface area contributed by atoms with Gasteiger partial charge in [-0.05, 0) is 17.7 Å². The van der Waals surface area contributed by atoms with Gasteiger partial charge in [-0.3, -0.25) is 0 Å². The second kappa shape index (κ2) is 11.2. The fourth-order valence-corrected chi connectivity index (χ4v) is 1.57. The summed E-state index contributed by atoms with van der Waals surface area (Å²) < 4.78 is 20.5. The maximum Gasteiger partial charge on any atom is 0.338 e. The van der Waals surface area contributed by atoms with Crippen molar-refractivity contribution in [1.82, 2.24) is 0 Å². The summed E-state index contributed by atoms with van der Waals surface area (Å²) in [6.45, 7) is 3.03. The molecule has 0 radical (unpaired) electrons. The number of benzene rings is 1. The molecule has 0 spiro atoms. The van der Waals surface area contributed by atoms with E-state index in [2.05, 4.69) is 0 Å². The summed E-state index contributed by atoms with van der Waals surface area (Å²) in [6.07, 6.45) is 0. The average Bonchev–Trinajstić information content (AvgIpc) is 2.53. The van der Waals surface area contributed by atoms with Gasteiger partial charge < -0.3 is 24.7 Å². The Balaban J connectivity index is 2.08. The summed E-state index contributed by atoms with van der Waals surface area (Å²) in [5.74, 6) is -0.370. The fraction of sp³-hybridized carbons (Fsp3) is 0.533. The zero-order chi connectivity index (χ0) is 15.3. The lowest BCUT2D eigenvalue weighted by Gasteiger charge is -2.07. The molecule has 0 saturated heterocycles. The largest absolute Gasteiger partial charge is 0.460 e. The SMILES string of the molecule is COCCOCCOCCOC(=O)c1cccc(CN)c1. The maximum atomic E-state index is 11.8. The van der Waals surface area contributed by atoms with Gasteiger partial charge in [-0.2, -0.15) is 0 Å². The number of hydrogen-bond donors (Lipinski definition) is 1. The number of rotatable bonds is 11. The molecule has 0 heterocycles. The minimum atomic E-state index is -0.370. The van der Waals surface area contributed by atoms with E-state index < -0.39 is 0 Å². The Labute approximate surface area is 125 Å². The molecular formula is C15H23NO5. The normalized spacial score (nSPS) is 10.6. The lowest BCUT2D eigenvalue weighted by molar-refractivity contribution is 0.00570. The van der Waals surface area contributed by atoms with Crippen LogP contribution in [-0.2, 0) is 25.5 Å². The molecule has 0 amide bonds. The number of carbonyl (C=O) groups excluding carboxylic acids is 1. The molecule has 21 heavy (non-hydrogen) atoms. The highest BCUT2D eigenvalue weighted by Crippen LogP contribution is 2.06. The van der Waals surface area contributed by atoms with Gasteiger partial charge in [0.2, 0.25) is 0 Å². The van der Waals surface area contributed by atoms with Crippen molar-refractivity contribution in [2.24, 2.45) is 5.73 Å². The van der Waals surface area contributed by atoms with Crippen molar-refractivity contribution in [3.05, 3.63) is 35.4 Å². The van der Waals surface area contributed by atoms with Crippen LogP contribution in [0.25, 0.3) is 0 Å². The highest BCUT2D eigenvalue weighted by molar-refractivity contribution is 5.89. The first-order chi connectivity index (χ1) is 10.3. The summed E-state index contributed by atoms with van der Waals surface area (Å²) in [5, 5.41) is 0. The Morgan fingerprint density at radius 3 is 2.38 bits per heavy atom. The summed E-state index contributed by atoms with van der Waals surface area (Å²) in [7, 11) is 1.62. The molecule has 6 nitrogen and oxygen atoms in total. The molecule has 0 aromatic heterocycles. The fourth-order valence-electron chi connectivity index (χ4n) is 1.57. The van der Waals surface area contributed by atoms with Crippen molar-refractivity contribution in [2.75, 3.05) is 46.8 Å². The molecule has 0 unspecified atom stereocenters. The predicted octanol–water partition coefficient (Wildman–Crippen LogP) is 0.982. The van der Waals surface area contributed by atoms with Gasteiger partial charge in [-0.1, -0.05) is 12.1 Å². The van der Waals surface area contributed by atoms with Gasteiger partial charge in [0, 0.05) is 13.7 Å². The first kappa shape index (κ1) is 17.6. The summed E-state index contributed by atoms with van der Waals surface area (Å²) in [4.78, 5) is 11.8. The van der Waals surface area contributed by atoms with Crippen molar-refractivity contribution >= 4 is 5.97 Å². The number of hydrogen-bond acceptors (Lipinski definition) is 6. The van der Waals surface area contributed by atoms with E-state index in [4.69, 9.17) is 24.7 Å². The Morgan fingerprint density at radius 2 is 1.71 bits per heavy atom. The molecule has 0 bridgehead atoms. The third kappa shape index (κ3) is 7.77. The van der Waals surface area contributed by atoms with Crippen LogP contribution in [0.2, 0.25) is 0 Å².